The molecule has 0 radical (unpaired) electrons. The Morgan fingerprint density at radius 3 is 2.48 bits per heavy atom. The minimum atomic E-state index is -0.480. The van der Waals surface area contributed by atoms with Gasteiger partial charge in [-0.15, -0.1) is 0 Å². The van der Waals surface area contributed by atoms with Crippen molar-refractivity contribution in [3.05, 3.63) is 93.1 Å². The molecular weight excluding hydrogens is 392 g/mol. The number of imide groups is 1. The molecule has 0 bridgehead atoms. The zero-order chi connectivity index (χ0) is 20.4. The summed E-state index contributed by atoms with van der Waals surface area (Å²) >= 11 is 0.839. The van der Waals surface area contributed by atoms with Crippen LogP contribution < -0.4 is 0 Å². The molecule has 1 saturated heterocycles. The average Bonchev–Trinajstić information content (AvgIpc) is 3.29. The van der Waals surface area contributed by atoms with Crippen LogP contribution in [0.15, 0.2) is 76.1 Å². The van der Waals surface area contributed by atoms with Gasteiger partial charge >= 0.3 is 0 Å². The second-order valence-corrected chi connectivity index (χ2v) is 7.22. The summed E-state index contributed by atoms with van der Waals surface area (Å²) in [4.78, 5) is 37.0. The number of nitro benzene ring substituents is 1. The molecule has 2 amide bonds. The third-order valence-electron chi connectivity index (χ3n) is 4.32. The molecule has 1 fully saturated rings. The molecule has 1 aliphatic heterocycles. The van der Waals surface area contributed by atoms with Crippen molar-refractivity contribution in [2.24, 2.45) is 0 Å². The molecule has 0 aliphatic carbocycles. The summed E-state index contributed by atoms with van der Waals surface area (Å²) in [7, 11) is 0. The Labute approximate surface area is 169 Å². The quantitative estimate of drug-likeness (QED) is 0.333. The topological polar surface area (TPSA) is 93.7 Å². The average molecular weight is 406 g/mol. The van der Waals surface area contributed by atoms with Crippen molar-refractivity contribution in [2.75, 3.05) is 0 Å². The summed E-state index contributed by atoms with van der Waals surface area (Å²) in [5, 5.41) is 10.9. The van der Waals surface area contributed by atoms with E-state index in [9.17, 15) is 19.7 Å². The number of carbonyl (C=O) groups excluding carboxylic acids is 2. The molecule has 7 nitrogen and oxygen atoms in total. The Balaban J connectivity index is 1.57. The number of nitro groups is 1. The SMILES string of the molecule is O=C1SC(=Cc2ccc(-c3ccccc3[N+](=O)[O-])o2)C(=O)N1Cc1ccccc1. The smallest absolute Gasteiger partial charge is 0.293 e. The molecule has 8 heteroatoms. The van der Waals surface area contributed by atoms with Crippen LogP contribution in [0.25, 0.3) is 17.4 Å². The largest absolute Gasteiger partial charge is 0.456 e. The standard InChI is InChI=1S/C21H14N2O5S/c24-20-19(29-21(25)22(20)13-14-6-2-1-3-7-14)12-15-10-11-18(28-15)16-8-4-5-9-17(16)23(26)27/h1-12H,13H2. The van der Waals surface area contributed by atoms with E-state index >= 15 is 0 Å². The molecule has 0 atom stereocenters. The van der Waals surface area contributed by atoms with Gasteiger partial charge in [0.2, 0.25) is 0 Å². The first-order valence-corrected chi connectivity index (χ1v) is 9.47. The minimum absolute atomic E-state index is 0.0726. The van der Waals surface area contributed by atoms with E-state index in [2.05, 4.69) is 0 Å². The molecule has 29 heavy (non-hydrogen) atoms. The third kappa shape index (κ3) is 3.83. The number of carbonyl (C=O) groups is 2. The van der Waals surface area contributed by atoms with Gasteiger partial charge in [-0.25, -0.2) is 0 Å². The fourth-order valence-electron chi connectivity index (χ4n) is 2.95. The number of furan rings is 1. The lowest BCUT2D eigenvalue weighted by Gasteiger charge is -2.11. The first kappa shape index (κ1) is 18.7. The second-order valence-electron chi connectivity index (χ2n) is 6.23. The first-order valence-electron chi connectivity index (χ1n) is 8.66. The van der Waals surface area contributed by atoms with Gasteiger partial charge in [0.25, 0.3) is 16.8 Å². The van der Waals surface area contributed by atoms with Crippen LogP contribution in [-0.4, -0.2) is 21.0 Å². The lowest BCUT2D eigenvalue weighted by molar-refractivity contribution is -0.384. The molecule has 1 aromatic heterocycles. The number of hydrogen-bond donors (Lipinski definition) is 0. The maximum absolute atomic E-state index is 12.6. The Morgan fingerprint density at radius 1 is 1.00 bits per heavy atom. The number of rotatable bonds is 5. The Morgan fingerprint density at radius 2 is 1.72 bits per heavy atom. The monoisotopic (exact) mass is 406 g/mol. The van der Waals surface area contributed by atoms with Gasteiger partial charge in [-0.2, -0.15) is 0 Å². The van der Waals surface area contributed by atoms with Crippen molar-refractivity contribution in [2.45, 2.75) is 6.54 Å². The highest BCUT2D eigenvalue weighted by Gasteiger charge is 2.35. The van der Waals surface area contributed by atoms with E-state index < -0.39 is 10.8 Å². The van der Waals surface area contributed by atoms with E-state index in [-0.39, 0.29) is 22.4 Å². The molecule has 3 aromatic rings. The van der Waals surface area contributed by atoms with Gasteiger partial charge in [-0.3, -0.25) is 24.6 Å². The van der Waals surface area contributed by atoms with Gasteiger partial charge in [0.15, 0.2) is 0 Å². The normalized spacial score (nSPS) is 15.3. The van der Waals surface area contributed by atoms with Gasteiger partial charge in [-0.05, 0) is 35.5 Å². The number of benzene rings is 2. The molecule has 4 rings (SSSR count). The molecule has 2 heterocycles. The summed E-state index contributed by atoms with van der Waals surface area (Å²) < 4.78 is 5.68. The van der Waals surface area contributed by atoms with Crippen molar-refractivity contribution < 1.29 is 18.9 Å². The van der Waals surface area contributed by atoms with Gasteiger partial charge < -0.3 is 4.42 Å². The highest BCUT2D eigenvalue weighted by atomic mass is 32.2. The van der Waals surface area contributed by atoms with Gasteiger partial charge in [-0.1, -0.05) is 42.5 Å². The fraction of sp³-hybridized carbons (Fsp3) is 0.0476. The van der Waals surface area contributed by atoms with Crippen molar-refractivity contribution in [1.29, 1.82) is 0 Å². The molecule has 0 unspecified atom stereocenters. The van der Waals surface area contributed by atoms with Crippen LogP contribution in [0.3, 0.4) is 0 Å². The molecule has 0 spiro atoms. The third-order valence-corrected chi connectivity index (χ3v) is 5.23. The first-order chi connectivity index (χ1) is 14.0. The number of amides is 2. The maximum Gasteiger partial charge on any atom is 0.293 e. The predicted octanol–water partition coefficient (Wildman–Crippen LogP) is 5.09. The summed E-state index contributed by atoms with van der Waals surface area (Å²) in [6.45, 7) is 0.197. The minimum Gasteiger partial charge on any atom is -0.456 e. The van der Waals surface area contributed by atoms with Crippen molar-refractivity contribution in [1.82, 2.24) is 4.90 Å². The van der Waals surface area contributed by atoms with E-state index in [4.69, 9.17) is 4.42 Å². The molecule has 1 aliphatic rings. The molecule has 2 aromatic carbocycles. The summed E-state index contributed by atoms with van der Waals surface area (Å²) in [5.74, 6) is 0.253. The van der Waals surface area contributed by atoms with E-state index in [0.29, 0.717) is 17.1 Å². The van der Waals surface area contributed by atoms with Gasteiger partial charge in [0, 0.05) is 12.1 Å². The van der Waals surface area contributed by atoms with E-state index in [1.807, 2.05) is 30.3 Å². The van der Waals surface area contributed by atoms with Crippen LogP contribution in [0.5, 0.6) is 0 Å². The number of para-hydroxylation sites is 1. The van der Waals surface area contributed by atoms with E-state index in [1.165, 1.54) is 17.0 Å². The van der Waals surface area contributed by atoms with Crippen molar-refractivity contribution in [3.8, 4) is 11.3 Å². The van der Waals surface area contributed by atoms with Crippen LogP contribution >= 0.6 is 11.8 Å². The second kappa shape index (κ2) is 7.76. The Hall–Kier alpha value is -3.65. The highest BCUT2D eigenvalue weighted by molar-refractivity contribution is 8.18. The molecular formula is C21H14N2O5S. The van der Waals surface area contributed by atoms with E-state index in [1.54, 1.807) is 30.3 Å². The Bertz CT molecular complexity index is 1140. The molecule has 144 valence electrons. The zero-order valence-corrected chi connectivity index (χ0v) is 15.8. The van der Waals surface area contributed by atoms with Crippen LogP contribution in [-0.2, 0) is 11.3 Å². The highest BCUT2D eigenvalue weighted by Crippen LogP contribution is 2.35. The summed E-state index contributed by atoms with van der Waals surface area (Å²) in [6.07, 6.45) is 1.48. The lowest BCUT2D eigenvalue weighted by Crippen LogP contribution is -2.27. The van der Waals surface area contributed by atoms with Crippen LogP contribution in [0, 0.1) is 10.1 Å². The van der Waals surface area contributed by atoms with Gasteiger partial charge in [0.05, 0.1) is 21.9 Å². The summed E-state index contributed by atoms with van der Waals surface area (Å²) in [5.41, 5.74) is 1.12. The van der Waals surface area contributed by atoms with E-state index in [0.717, 1.165) is 17.3 Å². The van der Waals surface area contributed by atoms with Crippen LogP contribution in [0.1, 0.15) is 11.3 Å². The predicted molar refractivity (Wildman–Crippen MR) is 109 cm³/mol. The van der Waals surface area contributed by atoms with Crippen molar-refractivity contribution >= 4 is 34.7 Å². The van der Waals surface area contributed by atoms with Gasteiger partial charge in [0.1, 0.15) is 11.5 Å². The zero-order valence-electron chi connectivity index (χ0n) is 15.0. The van der Waals surface area contributed by atoms with Crippen LogP contribution in [0.2, 0.25) is 0 Å². The number of nitrogens with zero attached hydrogens (tertiary/aromatic N) is 2. The lowest BCUT2D eigenvalue weighted by atomic mass is 10.1. The van der Waals surface area contributed by atoms with Crippen LogP contribution in [0.4, 0.5) is 10.5 Å². The molecule has 0 saturated carbocycles. The fourth-order valence-corrected chi connectivity index (χ4v) is 3.77. The number of thioether (sulfide) groups is 1. The summed E-state index contributed by atoms with van der Waals surface area (Å²) in [6, 6.07) is 18.7. The number of hydrogen-bond acceptors (Lipinski definition) is 6. The maximum atomic E-state index is 12.6. The van der Waals surface area contributed by atoms with Crippen molar-refractivity contribution in [3.63, 3.8) is 0 Å². The Kier molecular flexibility index (Phi) is 5.01. The molecule has 0 N–H and O–H groups in total.